The van der Waals surface area contributed by atoms with Crippen LogP contribution in [0.25, 0.3) is 22.6 Å². The lowest BCUT2D eigenvalue weighted by Crippen LogP contribution is -2.40. The van der Waals surface area contributed by atoms with Gasteiger partial charge in [0.15, 0.2) is 17.0 Å². The second-order valence-corrected chi connectivity index (χ2v) is 6.64. The van der Waals surface area contributed by atoms with Crippen LogP contribution in [0.5, 0.6) is 0 Å². The number of benzene rings is 1. The molecule has 1 saturated heterocycles. The summed E-state index contributed by atoms with van der Waals surface area (Å²) in [6.45, 7) is 1.43. The van der Waals surface area contributed by atoms with Crippen LogP contribution in [-0.4, -0.2) is 43.3 Å². The van der Waals surface area contributed by atoms with Crippen molar-refractivity contribution in [2.45, 2.75) is 18.4 Å². The summed E-state index contributed by atoms with van der Waals surface area (Å²) >= 11 is 0. The van der Waals surface area contributed by atoms with Gasteiger partial charge in [-0.1, -0.05) is 18.1 Å². The van der Waals surface area contributed by atoms with Gasteiger partial charge in [0.25, 0.3) is 0 Å². The Labute approximate surface area is 155 Å². The van der Waals surface area contributed by atoms with Gasteiger partial charge < -0.3 is 20.7 Å². The number of aliphatic hydroxyl groups is 1. The summed E-state index contributed by atoms with van der Waals surface area (Å²) in [4.78, 5) is 13.1. The van der Waals surface area contributed by atoms with E-state index in [0.717, 1.165) is 0 Å². The normalized spacial score (nSPS) is 16.1. The maximum atomic E-state index is 13.6. The number of halogens is 1. The lowest BCUT2D eigenvalue weighted by molar-refractivity contribution is 0.0679. The van der Waals surface area contributed by atoms with E-state index < -0.39 is 5.60 Å². The fourth-order valence-corrected chi connectivity index (χ4v) is 3.16. The summed E-state index contributed by atoms with van der Waals surface area (Å²) < 4.78 is 15.3. The Morgan fingerprint density at radius 1 is 1.26 bits per heavy atom. The number of nitrogens with one attached hydrogen (secondary N) is 1. The van der Waals surface area contributed by atoms with Crippen molar-refractivity contribution in [1.82, 2.24) is 24.8 Å². The molecular weight excluding hydrogens is 347 g/mol. The van der Waals surface area contributed by atoms with Gasteiger partial charge in [-0.05, 0) is 44.0 Å². The molecule has 0 saturated carbocycles. The first-order valence-corrected chi connectivity index (χ1v) is 8.67. The average Bonchev–Trinajstić information content (AvgIpc) is 2.98. The molecule has 4 N–H and O–H groups in total. The van der Waals surface area contributed by atoms with Gasteiger partial charge in [-0.15, -0.1) is 0 Å². The lowest BCUT2D eigenvalue weighted by Gasteiger charge is -2.27. The van der Waals surface area contributed by atoms with E-state index in [1.165, 1.54) is 12.1 Å². The predicted octanol–water partition coefficient (Wildman–Crippen LogP) is 1.22. The van der Waals surface area contributed by atoms with Crippen LogP contribution in [0.2, 0.25) is 0 Å². The summed E-state index contributed by atoms with van der Waals surface area (Å²) in [5, 5.41) is 13.7. The largest absolute Gasteiger partial charge is 0.382 e. The number of aryl methyl sites for hydroxylation is 1. The molecule has 0 radical (unpaired) electrons. The van der Waals surface area contributed by atoms with Crippen molar-refractivity contribution in [3.8, 4) is 23.2 Å². The third kappa shape index (κ3) is 3.35. The molecule has 7 nitrogen and oxygen atoms in total. The number of aromatic nitrogens is 4. The smallest absolute Gasteiger partial charge is 0.209 e. The Kier molecular flexibility index (Phi) is 4.26. The quantitative estimate of drug-likeness (QED) is 0.560. The van der Waals surface area contributed by atoms with E-state index in [4.69, 9.17) is 5.73 Å². The first-order chi connectivity index (χ1) is 13.0. The molecule has 3 aromatic rings. The van der Waals surface area contributed by atoms with Gasteiger partial charge in [-0.2, -0.15) is 0 Å². The Hall–Kier alpha value is -3.02. The van der Waals surface area contributed by atoms with E-state index in [9.17, 15) is 9.50 Å². The van der Waals surface area contributed by atoms with Crippen molar-refractivity contribution in [3.63, 3.8) is 0 Å². The fourth-order valence-electron chi connectivity index (χ4n) is 3.16. The molecule has 138 valence electrons. The van der Waals surface area contributed by atoms with E-state index >= 15 is 0 Å². The highest BCUT2D eigenvalue weighted by Gasteiger charge is 2.26. The van der Waals surface area contributed by atoms with Gasteiger partial charge >= 0.3 is 0 Å². The number of nitrogens with zero attached hydrogens (tertiary/aromatic N) is 4. The van der Waals surface area contributed by atoms with Crippen LogP contribution < -0.4 is 11.1 Å². The third-order valence-corrected chi connectivity index (χ3v) is 4.67. The molecule has 0 aliphatic carbocycles. The minimum atomic E-state index is -1.04. The van der Waals surface area contributed by atoms with E-state index in [0.29, 0.717) is 48.5 Å². The van der Waals surface area contributed by atoms with Crippen molar-refractivity contribution >= 4 is 17.0 Å². The molecule has 2 aromatic heterocycles. The zero-order valence-corrected chi connectivity index (χ0v) is 14.8. The summed E-state index contributed by atoms with van der Waals surface area (Å²) in [5.41, 5.74) is 6.56. The molecule has 4 rings (SSSR count). The monoisotopic (exact) mass is 366 g/mol. The highest BCUT2D eigenvalue weighted by atomic mass is 19.1. The van der Waals surface area contributed by atoms with Crippen LogP contribution in [0.3, 0.4) is 0 Å². The first kappa shape index (κ1) is 17.4. The van der Waals surface area contributed by atoms with Gasteiger partial charge in [0.2, 0.25) is 5.82 Å². The number of fused-ring (bicyclic) bond motifs is 1. The number of hydrogen-bond acceptors (Lipinski definition) is 6. The van der Waals surface area contributed by atoms with Crippen molar-refractivity contribution in [1.29, 1.82) is 0 Å². The molecule has 3 heterocycles. The van der Waals surface area contributed by atoms with Crippen molar-refractivity contribution in [2.75, 3.05) is 18.8 Å². The Balaban J connectivity index is 1.77. The van der Waals surface area contributed by atoms with Crippen molar-refractivity contribution in [2.24, 2.45) is 7.05 Å². The Bertz CT molecular complexity index is 1070. The third-order valence-electron chi connectivity index (χ3n) is 4.67. The van der Waals surface area contributed by atoms with Crippen LogP contribution in [0, 0.1) is 17.7 Å². The summed E-state index contributed by atoms with van der Waals surface area (Å²) in [6, 6.07) is 6.16. The van der Waals surface area contributed by atoms with Crippen LogP contribution in [0.15, 0.2) is 24.3 Å². The number of hydrogen-bond donors (Lipinski definition) is 3. The van der Waals surface area contributed by atoms with Gasteiger partial charge in [-0.25, -0.2) is 19.3 Å². The average molecular weight is 366 g/mol. The molecule has 1 fully saturated rings. The molecule has 1 aliphatic rings. The summed E-state index contributed by atoms with van der Waals surface area (Å²) in [6.07, 6.45) is 1.10. The topological polar surface area (TPSA) is 102 Å². The highest BCUT2D eigenvalue weighted by Crippen LogP contribution is 2.25. The second kappa shape index (κ2) is 6.61. The molecular formula is C19H19FN6O. The highest BCUT2D eigenvalue weighted by molar-refractivity contribution is 5.85. The summed E-state index contributed by atoms with van der Waals surface area (Å²) in [7, 11) is 1.78. The number of rotatable bonds is 1. The van der Waals surface area contributed by atoms with Gasteiger partial charge in [-0.3, -0.25) is 0 Å². The number of anilines is 1. The Morgan fingerprint density at radius 2 is 2.04 bits per heavy atom. The van der Waals surface area contributed by atoms with Crippen LogP contribution in [-0.2, 0) is 7.05 Å². The van der Waals surface area contributed by atoms with Crippen molar-refractivity contribution in [3.05, 3.63) is 35.9 Å². The molecule has 0 unspecified atom stereocenters. The lowest BCUT2D eigenvalue weighted by atomic mass is 9.93. The molecule has 8 heteroatoms. The maximum Gasteiger partial charge on any atom is 0.209 e. The second-order valence-electron chi connectivity index (χ2n) is 6.64. The number of imidazole rings is 1. The van der Waals surface area contributed by atoms with Gasteiger partial charge in [0.1, 0.15) is 17.2 Å². The van der Waals surface area contributed by atoms with Gasteiger partial charge in [0.05, 0.1) is 0 Å². The number of nitrogen functional groups attached to an aromatic ring is 1. The molecule has 0 spiro atoms. The van der Waals surface area contributed by atoms with Crippen LogP contribution >= 0.6 is 0 Å². The number of piperidine rings is 1. The van der Waals surface area contributed by atoms with E-state index in [-0.39, 0.29) is 17.5 Å². The SMILES string of the molecule is Cn1c(-c2cccc(F)c2)nc2c(N)nc(C#CC3(O)CCNCC3)nc21. The Morgan fingerprint density at radius 3 is 2.78 bits per heavy atom. The minimum absolute atomic E-state index is 0.194. The van der Waals surface area contributed by atoms with Crippen LogP contribution in [0.4, 0.5) is 10.2 Å². The van der Waals surface area contributed by atoms with Crippen molar-refractivity contribution < 1.29 is 9.50 Å². The minimum Gasteiger partial charge on any atom is -0.382 e. The van der Waals surface area contributed by atoms with Crippen LogP contribution in [0.1, 0.15) is 18.7 Å². The molecule has 27 heavy (non-hydrogen) atoms. The first-order valence-electron chi connectivity index (χ1n) is 8.67. The zero-order chi connectivity index (χ0) is 19.0. The molecule has 1 aromatic carbocycles. The molecule has 0 atom stereocenters. The summed E-state index contributed by atoms with van der Waals surface area (Å²) in [5.74, 6) is 6.32. The maximum absolute atomic E-state index is 13.6. The molecule has 1 aliphatic heterocycles. The van der Waals surface area contributed by atoms with E-state index in [2.05, 4.69) is 32.1 Å². The standard InChI is InChI=1S/C19H19FN6O/c1-26-17(12-3-2-4-13(20)11-12)25-15-16(21)23-14(24-18(15)26)5-6-19(27)7-9-22-10-8-19/h2-4,11,22,27H,7-10H2,1H3,(H2,21,23,24). The van der Waals surface area contributed by atoms with E-state index in [1.54, 1.807) is 23.7 Å². The van der Waals surface area contributed by atoms with E-state index in [1.807, 2.05) is 0 Å². The fraction of sp³-hybridized carbons (Fsp3) is 0.316. The van der Waals surface area contributed by atoms with Gasteiger partial charge in [0, 0.05) is 12.6 Å². The molecule has 0 bridgehead atoms. The predicted molar refractivity (Wildman–Crippen MR) is 100 cm³/mol. The molecule has 0 amide bonds. The number of nitrogens with two attached hydrogens (primary N) is 1. The zero-order valence-electron chi connectivity index (χ0n) is 14.8.